The first-order valence-electron chi connectivity index (χ1n) is 16.9. The average Bonchev–Trinajstić information content (AvgIpc) is 3.83. The maximum atomic E-state index is 14.4. The number of rotatable bonds is 11. The third-order valence-electron chi connectivity index (χ3n) is 9.20. The molecule has 0 radical (unpaired) electrons. The maximum absolute atomic E-state index is 14.4. The third-order valence-corrected chi connectivity index (χ3v) is 9.20. The van der Waals surface area contributed by atoms with Crippen molar-refractivity contribution in [2.24, 2.45) is 7.05 Å². The second kappa shape index (κ2) is 15.1. The highest BCUT2D eigenvalue weighted by atomic mass is 16.6. The van der Waals surface area contributed by atoms with Crippen molar-refractivity contribution in [3.8, 4) is 0 Å². The molecule has 1 aliphatic carbocycles. The van der Waals surface area contributed by atoms with E-state index in [9.17, 15) is 24.0 Å². The number of nitrogens with one attached hydrogen (secondary N) is 3. The largest absolute Gasteiger partial charge is 0.467 e. The second-order valence-corrected chi connectivity index (χ2v) is 13.9. The van der Waals surface area contributed by atoms with Crippen LogP contribution in [0, 0.1) is 0 Å². The van der Waals surface area contributed by atoms with Crippen molar-refractivity contribution in [2.75, 3.05) is 13.7 Å². The van der Waals surface area contributed by atoms with Crippen LogP contribution in [0.5, 0.6) is 0 Å². The summed E-state index contributed by atoms with van der Waals surface area (Å²) in [5.74, 6) is -2.11. The van der Waals surface area contributed by atoms with Gasteiger partial charge in [-0.2, -0.15) is 0 Å². The van der Waals surface area contributed by atoms with Gasteiger partial charge in [0, 0.05) is 38.3 Å². The number of aromatic nitrogens is 2. The highest BCUT2D eigenvalue weighted by molar-refractivity contribution is 5.98. The Kier molecular flexibility index (Phi) is 10.9. The average molecular weight is 687 g/mol. The van der Waals surface area contributed by atoms with Crippen molar-refractivity contribution in [1.29, 1.82) is 0 Å². The number of hydrogen-bond acceptors (Lipinski definition) is 8. The van der Waals surface area contributed by atoms with Crippen molar-refractivity contribution in [1.82, 2.24) is 30.4 Å². The summed E-state index contributed by atoms with van der Waals surface area (Å²) >= 11 is 0. The molecule has 13 heteroatoms. The van der Waals surface area contributed by atoms with Gasteiger partial charge in [-0.05, 0) is 63.1 Å². The molecule has 1 fully saturated rings. The fourth-order valence-corrected chi connectivity index (χ4v) is 6.74. The number of carbonyl (C=O) groups is 5. The van der Waals surface area contributed by atoms with Crippen LogP contribution >= 0.6 is 0 Å². The lowest BCUT2D eigenvalue weighted by atomic mass is 9.89. The minimum Gasteiger partial charge on any atom is -0.467 e. The van der Waals surface area contributed by atoms with Crippen molar-refractivity contribution in [3.05, 3.63) is 89.5 Å². The molecule has 2 heterocycles. The molecule has 1 unspecified atom stereocenters. The van der Waals surface area contributed by atoms with Gasteiger partial charge in [-0.1, -0.05) is 54.6 Å². The Morgan fingerprint density at radius 3 is 2.38 bits per heavy atom. The van der Waals surface area contributed by atoms with Crippen LogP contribution in [0.25, 0.3) is 0 Å². The Morgan fingerprint density at radius 2 is 1.70 bits per heavy atom. The Balaban J connectivity index is 1.40. The second-order valence-electron chi connectivity index (χ2n) is 13.9. The van der Waals surface area contributed by atoms with Crippen molar-refractivity contribution in [2.45, 2.75) is 88.6 Å². The molecule has 4 atom stereocenters. The van der Waals surface area contributed by atoms with Gasteiger partial charge in [-0.25, -0.2) is 14.6 Å². The van der Waals surface area contributed by atoms with Gasteiger partial charge in [-0.15, -0.1) is 0 Å². The summed E-state index contributed by atoms with van der Waals surface area (Å²) in [6.07, 6.45) is 4.46. The van der Waals surface area contributed by atoms with Gasteiger partial charge >= 0.3 is 12.1 Å². The number of nitrogens with zero attached hydrogens (tertiary/aromatic N) is 3. The Hall–Kier alpha value is -5.20. The summed E-state index contributed by atoms with van der Waals surface area (Å²) < 4.78 is 12.3. The molecule has 0 saturated carbocycles. The lowest BCUT2D eigenvalue weighted by molar-refractivity contribution is -0.147. The molecule has 2 aromatic carbocycles. The van der Waals surface area contributed by atoms with Crippen LogP contribution in [0.1, 0.15) is 62.4 Å². The zero-order chi connectivity index (χ0) is 36.1. The molecule has 1 saturated heterocycles. The van der Waals surface area contributed by atoms with Crippen LogP contribution in [0.3, 0.4) is 0 Å². The number of carbonyl (C=O) groups excluding carboxylic acids is 5. The van der Waals surface area contributed by atoms with Gasteiger partial charge in [0.2, 0.25) is 11.8 Å². The number of methoxy groups -OCH3 is 1. The zero-order valence-corrected chi connectivity index (χ0v) is 29.2. The Bertz CT molecular complexity index is 1720. The molecule has 3 aromatic rings. The SMILES string of the molecule is COC(=O)[C@@H](Cc1ccccc1)NC(=O)C1(NC(=O)[C@H]2CCCN2C(=O)[C@H](Cc2cncn2C)NC(=O)OC(C)(C)C)CCc2ccccc21. The molecular formula is C37H46N6O7. The third kappa shape index (κ3) is 8.15. The molecule has 0 spiro atoms. The summed E-state index contributed by atoms with van der Waals surface area (Å²) in [6, 6.07) is 13.7. The van der Waals surface area contributed by atoms with E-state index in [0.717, 1.165) is 11.1 Å². The molecule has 266 valence electrons. The predicted octanol–water partition coefficient (Wildman–Crippen LogP) is 2.71. The van der Waals surface area contributed by atoms with Gasteiger partial charge in [0.05, 0.1) is 13.4 Å². The molecular weight excluding hydrogens is 640 g/mol. The first kappa shape index (κ1) is 36.1. The summed E-state index contributed by atoms with van der Waals surface area (Å²) in [7, 11) is 3.05. The molecule has 2 aliphatic rings. The number of alkyl carbamates (subject to hydrolysis) is 1. The fraction of sp³-hybridized carbons (Fsp3) is 0.459. The molecule has 13 nitrogen and oxygen atoms in total. The van der Waals surface area contributed by atoms with Gasteiger partial charge in [0.25, 0.3) is 5.91 Å². The van der Waals surface area contributed by atoms with Crippen LogP contribution in [0.4, 0.5) is 4.79 Å². The monoisotopic (exact) mass is 686 g/mol. The number of benzene rings is 2. The van der Waals surface area contributed by atoms with E-state index in [-0.39, 0.29) is 25.8 Å². The normalized spacial score (nSPS) is 19.5. The lowest BCUT2D eigenvalue weighted by Gasteiger charge is -2.35. The van der Waals surface area contributed by atoms with Gasteiger partial charge in [0.15, 0.2) is 0 Å². The molecule has 1 aliphatic heterocycles. The smallest absolute Gasteiger partial charge is 0.408 e. The number of likely N-dealkylation sites (tertiary alicyclic amines) is 1. The Labute approximate surface area is 292 Å². The van der Waals surface area contributed by atoms with E-state index in [1.54, 1.807) is 57.0 Å². The maximum Gasteiger partial charge on any atom is 0.408 e. The standard InChI is InChI=1S/C37H46N6O7/c1-36(2,3)50-35(48)40-28(21-26-22-38-23-42(26)4)32(45)43-19-11-16-30(43)31(44)41-37(18-17-25-14-9-10-15-27(25)37)34(47)39-29(33(46)49-5)20-24-12-7-6-8-13-24/h6-10,12-15,22-23,28-30H,11,16-21H2,1-5H3,(H,39,47)(H,40,48)(H,41,44)/t28-,29+,30+,37?/m0/s1. The van der Waals surface area contributed by atoms with Gasteiger partial charge in [0.1, 0.15) is 29.3 Å². The highest BCUT2D eigenvalue weighted by Gasteiger charge is 2.50. The lowest BCUT2D eigenvalue weighted by Crippen LogP contribution is -2.62. The molecule has 4 amide bonds. The van der Waals surface area contributed by atoms with Crippen LogP contribution < -0.4 is 16.0 Å². The van der Waals surface area contributed by atoms with E-state index in [4.69, 9.17) is 9.47 Å². The highest BCUT2D eigenvalue weighted by Crippen LogP contribution is 2.38. The van der Waals surface area contributed by atoms with Crippen LogP contribution in [0.15, 0.2) is 67.1 Å². The minimum atomic E-state index is -1.50. The summed E-state index contributed by atoms with van der Waals surface area (Å²) in [6.45, 7) is 5.47. The molecule has 50 heavy (non-hydrogen) atoms. The van der Waals surface area contributed by atoms with E-state index in [0.29, 0.717) is 30.5 Å². The quantitative estimate of drug-likeness (QED) is 0.260. The van der Waals surface area contributed by atoms with Crippen LogP contribution in [0.2, 0.25) is 0 Å². The van der Waals surface area contributed by atoms with E-state index < -0.39 is 59.0 Å². The number of aryl methyl sites for hydroxylation is 2. The number of fused-ring (bicyclic) bond motifs is 1. The van der Waals surface area contributed by atoms with E-state index in [2.05, 4.69) is 20.9 Å². The Morgan fingerprint density at radius 1 is 0.980 bits per heavy atom. The summed E-state index contributed by atoms with van der Waals surface area (Å²) in [5, 5.41) is 8.64. The topological polar surface area (TPSA) is 161 Å². The minimum absolute atomic E-state index is 0.121. The molecule has 3 N–H and O–H groups in total. The molecule has 0 bridgehead atoms. The van der Waals surface area contributed by atoms with Crippen molar-refractivity contribution in [3.63, 3.8) is 0 Å². The molecule has 1 aromatic heterocycles. The first-order valence-corrected chi connectivity index (χ1v) is 16.9. The number of hydrogen-bond donors (Lipinski definition) is 3. The van der Waals surface area contributed by atoms with E-state index in [1.165, 1.54) is 12.0 Å². The number of esters is 1. The number of ether oxygens (including phenoxy) is 2. The number of amides is 4. The van der Waals surface area contributed by atoms with Crippen molar-refractivity contribution < 1.29 is 33.4 Å². The summed E-state index contributed by atoms with van der Waals surface area (Å²) in [5.41, 5.74) is 0.767. The number of imidazole rings is 1. The van der Waals surface area contributed by atoms with Crippen molar-refractivity contribution >= 4 is 29.8 Å². The zero-order valence-electron chi connectivity index (χ0n) is 29.2. The first-order chi connectivity index (χ1) is 23.8. The van der Waals surface area contributed by atoms with E-state index in [1.807, 2.05) is 42.5 Å². The fourth-order valence-electron chi connectivity index (χ4n) is 6.74. The van der Waals surface area contributed by atoms with Gasteiger partial charge in [-0.3, -0.25) is 14.4 Å². The predicted molar refractivity (Wildman–Crippen MR) is 183 cm³/mol. The summed E-state index contributed by atoms with van der Waals surface area (Å²) in [4.78, 5) is 74.3. The van der Waals surface area contributed by atoms with E-state index >= 15 is 0 Å². The van der Waals surface area contributed by atoms with Gasteiger partial charge < -0.3 is 34.9 Å². The van der Waals surface area contributed by atoms with Crippen LogP contribution in [-0.2, 0) is 60.5 Å². The molecule has 5 rings (SSSR count). The van der Waals surface area contributed by atoms with Crippen LogP contribution in [-0.4, -0.2) is 81.6 Å².